The van der Waals surface area contributed by atoms with Crippen LogP contribution >= 0.6 is 11.8 Å². The van der Waals surface area contributed by atoms with Gasteiger partial charge in [-0.3, -0.25) is 4.79 Å². The first-order valence-corrected chi connectivity index (χ1v) is 6.68. The van der Waals surface area contributed by atoms with E-state index in [9.17, 15) is 9.18 Å². The summed E-state index contributed by atoms with van der Waals surface area (Å²) in [6, 6.07) is 2.81. The lowest BCUT2D eigenvalue weighted by Crippen LogP contribution is -2.36. The normalized spacial score (nSPS) is 12.2. The summed E-state index contributed by atoms with van der Waals surface area (Å²) in [6.07, 6.45) is 1.27. The number of hydrogen-bond donors (Lipinski definition) is 0. The van der Waals surface area contributed by atoms with Gasteiger partial charge in [-0.2, -0.15) is 16.2 Å². The maximum absolute atomic E-state index is 12.6. The molecule has 1 rings (SSSR count). The Kier molecular flexibility index (Phi) is 5.41. The third-order valence-corrected chi connectivity index (χ3v) is 3.65. The Hall–Kier alpha value is -1.10. The van der Waals surface area contributed by atoms with Crippen LogP contribution in [0.15, 0.2) is 18.3 Å². The molecule has 0 aliphatic rings. The molecule has 1 amide bonds. The van der Waals surface area contributed by atoms with Crippen LogP contribution in [0.4, 0.5) is 4.39 Å². The molecule has 0 aliphatic heterocycles. The number of carbonyl (C=O) groups excluding carboxylic acids is 1. The van der Waals surface area contributed by atoms with E-state index < -0.39 is 5.95 Å². The van der Waals surface area contributed by atoms with E-state index >= 15 is 0 Å². The van der Waals surface area contributed by atoms with Crippen molar-refractivity contribution in [3.05, 3.63) is 29.8 Å². The minimum absolute atomic E-state index is 0.123. The molecule has 1 unspecified atom stereocenters. The highest BCUT2D eigenvalue weighted by Gasteiger charge is 2.17. The lowest BCUT2D eigenvalue weighted by molar-refractivity contribution is 0.0757. The smallest absolute Gasteiger partial charge is 0.255 e. The molecule has 0 saturated heterocycles. The van der Waals surface area contributed by atoms with Crippen molar-refractivity contribution in [2.45, 2.75) is 19.9 Å². The molecule has 1 aromatic rings. The fourth-order valence-electron chi connectivity index (χ4n) is 1.31. The molecule has 0 fully saturated rings. The molecule has 1 heterocycles. The minimum atomic E-state index is -0.571. The molecular formula is C12H17FN2OS. The number of aromatic nitrogens is 1. The summed E-state index contributed by atoms with van der Waals surface area (Å²) >= 11 is 1.79. The van der Waals surface area contributed by atoms with E-state index in [4.69, 9.17) is 0 Å². The summed E-state index contributed by atoms with van der Waals surface area (Å²) < 4.78 is 12.6. The first kappa shape index (κ1) is 14.0. The van der Waals surface area contributed by atoms with Crippen molar-refractivity contribution in [1.82, 2.24) is 9.88 Å². The van der Waals surface area contributed by atoms with Crippen LogP contribution in [-0.2, 0) is 0 Å². The van der Waals surface area contributed by atoms with Crippen molar-refractivity contribution >= 4 is 17.7 Å². The number of halogens is 1. The molecule has 5 heteroatoms. The maximum atomic E-state index is 12.6. The van der Waals surface area contributed by atoms with E-state index in [1.807, 2.05) is 6.92 Å². The molecule has 0 aliphatic carbocycles. The third-order valence-electron chi connectivity index (χ3n) is 2.52. The van der Waals surface area contributed by atoms with Crippen LogP contribution < -0.4 is 0 Å². The van der Waals surface area contributed by atoms with Gasteiger partial charge in [-0.25, -0.2) is 4.98 Å². The fraction of sp³-hybridized carbons (Fsp3) is 0.500. The number of pyridine rings is 1. The summed E-state index contributed by atoms with van der Waals surface area (Å²) in [5.41, 5.74) is 0.419. The Labute approximate surface area is 105 Å². The summed E-state index contributed by atoms with van der Waals surface area (Å²) in [5, 5.41) is 0. The van der Waals surface area contributed by atoms with Crippen LogP contribution in [0.1, 0.15) is 24.2 Å². The molecule has 94 valence electrons. The van der Waals surface area contributed by atoms with Gasteiger partial charge in [0.05, 0.1) is 5.56 Å². The lowest BCUT2D eigenvalue weighted by atomic mass is 10.2. The van der Waals surface area contributed by atoms with Gasteiger partial charge in [0.25, 0.3) is 5.91 Å². The second-order valence-electron chi connectivity index (χ2n) is 3.79. The van der Waals surface area contributed by atoms with Crippen molar-refractivity contribution in [2.24, 2.45) is 0 Å². The maximum Gasteiger partial charge on any atom is 0.255 e. The largest absolute Gasteiger partial charge is 0.338 e. The molecule has 0 aromatic carbocycles. The van der Waals surface area contributed by atoms with Crippen molar-refractivity contribution in [1.29, 1.82) is 0 Å². The number of nitrogens with zero attached hydrogens (tertiary/aromatic N) is 2. The summed E-state index contributed by atoms with van der Waals surface area (Å²) in [6.45, 7) is 4.08. The van der Waals surface area contributed by atoms with E-state index in [-0.39, 0.29) is 11.9 Å². The van der Waals surface area contributed by atoms with Gasteiger partial charge >= 0.3 is 0 Å². The van der Waals surface area contributed by atoms with Gasteiger partial charge in [-0.05, 0) is 24.8 Å². The SMILES string of the molecule is CCSCC(C)N(C)C(=O)c1ccc(F)nc1. The second-order valence-corrected chi connectivity index (χ2v) is 5.11. The van der Waals surface area contributed by atoms with Crippen LogP contribution in [0, 0.1) is 5.95 Å². The number of amides is 1. The lowest BCUT2D eigenvalue weighted by Gasteiger charge is -2.24. The molecule has 1 atom stereocenters. The Morgan fingerprint density at radius 2 is 2.29 bits per heavy atom. The minimum Gasteiger partial charge on any atom is -0.338 e. The molecule has 17 heavy (non-hydrogen) atoms. The molecule has 0 spiro atoms. The van der Waals surface area contributed by atoms with Crippen LogP contribution in [0.3, 0.4) is 0 Å². The monoisotopic (exact) mass is 256 g/mol. The van der Waals surface area contributed by atoms with Crippen LogP contribution in [0.2, 0.25) is 0 Å². The molecule has 0 N–H and O–H groups in total. The predicted octanol–water partition coefficient (Wildman–Crippen LogP) is 2.43. The van der Waals surface area contributed by atoms with Gasteiger partial charge < -0.3 is 4.90 Å². The van der Waals surface area contributed by atoms with Crippen molar-refractivity contribution in [3.63, 3.8) is 0 Å². The van der Waals surface area contributed by atoms with E-state index in [0.29, 0.717) is 5.56 Å². The number of hydrogen-bond acceptors (Lipinski definition) is 3. The van der Waals surface area contributed by atoms with E-state index in [1.165, 1.54) is 18.3 Å². The second kappa shape index (κ2) is 6.59. The molecular weight excluding hydrogens is 239 g/mol. The number of rotatable bonds is 5. The summed E-state index contributed by atoms with van der Waals surface area (Å²) in [5.74, 6) is 1.23. The highest BCUT2D eigenvalue weighted by atomic mass is 32.2. The number of thioether (sulfide) groups is 1. The van der Waals surface area contributed by atoms with E-state index in [0.717, 1.165) is 11.5 Å². The van der Waals surface area contributed by atoms with Crippen molar-refractivity contribution < 1.29 is 9.18 Å². The molecule has 0 radical (unpaired) electrons. The zero-order chi connectivity index (χ0) is 12.8. The van der Waals surface area contributed by atoms with Gasteiger partial charge in [-0.1, -0.05) is 6.92 Å². The summed E-state index contributed by atoms with van der Waals surface area (Å²) in [7, 11) is 1.76. The van der Waals surface area contributed by atoms with Crippen molar-refractivity contribution in [3.8, 4) is 0 Å². The van der Waals surface area contributed by atoms with Gasteiger partial charge in [0, 0.05) is 25.0 Å². The van der Waals surface area contributed by atoms with Crippen LogP contribution in [0.5, 0.6) is 0 Å². The fourth-order valence-corrected chi connectivity index (χ4v) is 2.11. The van der Waals surface area contributed by atoms with Crippen LogP contribution in [-0.4, -0.2) is 40.4 Å². The van der Waals surface area contributed by atoms with E-state index in [1.54, 1.807) is 23.7 Å². The predicted molar refractivity (Wildman–Crippen MR) is 68.7 cm³/mol. The highest BCUT2D eigenvalue weighted by molar-refractivity contribution is 7.99. The number of carbonyl (C=O) groups is 1. The first-order valence-electron chi connectivity index (χ1n) is 5.52. The Morgan fingerprint density at radius 3 is 2.82 bits per heavy atom. The van der Waals surface area contributed by atoms with E-state index in [2.05, 4.69) is 11.9 Å². The standard InChI is InChI=1S/C12H17FN2OS/c1-4-17-8-9(2)15(3)12(16)10-5-6-11(13)14-7-10/h5-7,9H,4,8H2,1-3H3. The zero-order valence-corrected chi connectivity index (χ0v) is 11.1. The average Bonchev–Trinajstić information content (AvgIpc) is 2.35. The van der Waals surface area contributed by atoms with Crippen molar-refractivity contribution in [2.75, 3.05) is 18.6 Å². The summed E-state index contributed by atoms with van der Waals surface area (Å²) in [4.78, 5) is 17.2. The quantitative estimate of drug-likeness (QED) is 0.759. The highest BCUT2D eigenvalue weighted by Crippen LogP contribution is 2.10. The molecule has 0 bridgehead atoms. The Balaban J connectivity index is 2.65. The Bertz CT molecular complexity index is 369. The van der Waals surface area contributed by atoms with Crippen LogP contribution in [0.25, 0.3) is 0 Å². The van der Waals surface area contributed by atoms with Gasteiger partial charge in [0.15, 0.2) is 0 Å². The van der Waals surface area contributed by atoms with Gasteiger partial charge in [0.1, 0.15) is 0 Å². The molecule has 0 saturated carbocycles. The Morgan fingerprint density at radius 1 is 1.59 bits per heavy atom. The van der Waals surface area contributed by atoms with Gasteiger partial charge in [0.2, 0.25) is 5.95 Å². The topological polar surface area (TPSA) is 33.2 Å². The average molecular weight is 256 g/mol. The molecule has 3 nitrogen and oxygen atoms in total. The zero-order valence-electron chi connectivity index (χ0n) is 10.3. The first-order chi connectivity index (χ1) is 8.06. The third kappa shape index (κ3) is 4.00. The molecule has 1 aromatic heterocycles. The van der Waals surface area contributed by atoms with Gasteiger partial charge in [-0.15, -0.1) is 0 Å².